The van der Waals surface area contributed by atoms with Crippen molar-refractivity contribution >= 4 is 11.8 Å². The van der Waals surface area contributed by atoms with E-state index in [1.807, 2.05) is 33.8 Å². The number of anilines is 1. The number of halogens is 1. The molecule has 1 aromatic carbocycles. The number of nitrogens with one attached hydrogen (secondary N) is 1. The van der Waals surface area contributed by atoms with Gasteiger partial charge in [0.25, 0.3) is 0 Å². The third kappa shape index (κ3) is 5.41. The first-order valence-corrected chi connectivity index (χ1v) is 8.22. The average molecular weight is 322 g/mol. The molecule has 0 saturated carbocycles. The van der Waals surface area contributed by atoms with Crippen LogP contribution in [0.3, 0.4) is 0 Å². The minimum Gasteiger partial charge on any atom is -0.444 e. The Labute approximate surface area is 138 Å². The van der Waals surface area contributed by atoms with Gasteiger partial charge in [0.2, 0.25) is 0 Å². The fourth-order valence-corrected chi connectivity index (χ4v) is 2.74. The van der Waals surface area contributed by atoms with Gasteiger partial charge in [-0.1, -0.05) is 6.07 Å². The highest BCUT2D eigenvalue weighted by molar-refractivity contribution is 5.68. The van der Waals surface area contributed by atoms with Crippen molar-refractivity contribution in [3.05, 3.63) is 29.6 Å². The van der Waals surface area contributed by atoms with E-state index in [4.69, 9.17) is 4.74 Å². The zero-order valence-electron chi connectivity index (χ0n) is 14.5. The molecule has 128 valence electrons. The number of hydrogen-bond acceptors (Lipinski definition) is 3. The quantitative estimate of drug-likeness (QED) is 0.907. The molecule has 2 rings (SSSR count). The van der Waals surface area contributed by atoms with Crippen molar-refractivity contribution in [1.82, 2.24) is 4.90 Å². The number of ether oxygens (including phenoxy) is 1. The van der Waals surface area contributed by atoms with Crippen LogP contribution in [0.4, 0.5) is 14.9 Å². The molecule has 1 amide bonds. The fraction of sp³-hybridized carbons (Fsp3) is 0.611. The Hall–Kier alpha value is -1.78. The minimum absolute atomic E-state index is 0.232. The molecule has 0 aromatic heterocycles. The molecule has 23 heavy (non-hydrogen) atoms. The molecular formula is C18H27FN2O2. The van der Waals surface area contributed by atoms with E-state index in [1.54, 1.807) is 11.0 Å². The van der Waals surface area contributed by atoms with Crippen LogP contribution in [-0.2, 0) is 4.74 Å². The van der Waals surface area contributed by atoms with Crippen LogP contribution >= 0.6 is 0 Å². The summed E-state index contributed by atoms with van der Waals surface area (Å²) in [6.07, 6.45) is 1.71. The van der Waals surface area contributed by atoms with Gasteiger partial charge in [0, 0.05) is 19.6 Å². The number of carbonyl (C=O) groups is 1. The highest BCUT2D eigenvalue weighted by atomic mass is 19.1. The van der Waals surface area contributed by atoms with Crippen LogP contribution in [-0.4, -0.2) is 36.2 Å². The highest BCUT2D eigenvalue weighted by Gasteiger charge is 2.27. The number of hydrogen-bond donors (Lipinski definition) is 1. The van der Waals surface area contributed by atoms with Crippen molar-refractivity contribution in [2.24, 2.45) is 5.92 Å². The molecule has 1 aliphatic heterocycles. The molecule has 0 spiro atoms. The lowest BCUT2D eigenvalue weighted by atomic mass is 9.98. The van der Waals surface area contributed by atoms with Crippen molar-refractivity contribution in [1.29, 1.82) is 0 Å². The summed E-state index contributed by atoms with van der Waals surface area (Å²) in [6, 6.07) is 5.18. The Morgan fingerprint density at radius 2 is 2.17 bits per heavy atom. The standard InChI is InChI=1S/C18H27FN2O2/c1-13-7-8-16(15(19)10-13)20-11-14-6-5-9-21(12-14)17(22)23-18(2,3)4/h7-8,10,14,20H,5-6,9,11-12H2,1-4H3. The molecule has 5 heteroatoms. The van der Waals surface area contributed by atoms with E-state index in [0.717, 1.165) is 24.9 Å². The fourth-order valence-electron chi connectivity index (χ4n) is 2.74. The van der Waals surface area contributed by atoms with Gasteiger partial charge < -0.3 is 15.0 Å². The van der Waals surface area contributed by atoms with Crippen LogP contribution in [0.1, 0.15) is 39.2 Å². The maximum atomic E-state index is 13.8. The summed E-state index contributed by atoms with van der Waals surface area (Å²) < 4.78 is 19.3. The van der Waals surface area contributed by atoms with Gasteiger partial charge in [-0.05, 0) is 64.2 Å². The van der Waals surface area contributed by atoms with Crippen LogP contribution in [0.15, 0.2) is 18.2 Å². The van der Waals surface area contributed by atoms with Gasteiger partial charge in [0.1, 0.15) is 11.4 Å². The number of carbonyl (C=O) groups excluding carboxylic acids is 1. The van der Waals surface area contributed by atoms with Crippen LogP contribution in [0.2, 0.25) is 0 Å². The zero-order chi connectivity index (χ0) is 17.0. The van der Waals surface area contributed by atoms with E-state index in [-0.39, 0.29) is 11.9 Å². The number of piperidine rings is 1. The van der Waals surface area contributed by atoms with Crippen molar-refractivity contribution < 1.29 is 13.9 Å². The average Bonchev–Trinajstić information content (AvgIpc) is 2.45. The van der Waals surface area contributed by atoms with Crippen LogP contribution < -0.4 is 5.32 Å². The monoisotopic (exact) mass is 322 g/mol. The molecule has 1 saturated heterocycles. The molecule has 1 aliphatic rings. The predicted molar refractivity (Wildman–Crippen MR) is 90.2 cm³/mol. The van der Waals surface area contributed by atoms with Crippen molar-refractivity contribution in [2.45, 2.75) is 46.1 Å². The minimum atomic E-state index is -0.479. The summed E-state index contributed by atoms with van der Waals surface area (Å²) in [7, 11) is 0. The van der Waals surface area contributed by atoms with Gasteiger partial charge in [-0.15, -0.1) is 0 Å². The Balaban J connectivity index is 1.87. The lowest BCUT2D eigenvalue weighted by Gasteiger charge is -2.34. The molecular weight excluding hydrogens is 295 g/mol. The van der Waals surface area contributed by atoms with Crippen molar-refractivity contribution in [3.63, 3.8) is 0 Å². The topological polar surface area (TPSA) is 41.6 Å². The van der Waals surface area contributed by atoms with Crippen LogP contribution in [0, 0.1) is 18.7 Å². The molecule has 1 heterocycles. The number of benzene rings is 1. The molecule has 1 fully saturated rings. The maximum absolute atomic E-state index is 13.8. The predicted octanol–water partition coefficient (Wildman–Crippen LogP) is 4.19. The number of rotatable bonds is 3. The molecule has 1 atom stereocenters. The van der Waals surface area contributed by atoms with Gasteiger partial charge in [-0.25, -0.2) is 9.18 Å². The lowest BCUT2D eigenvalue weighted by molar-refractivity contribution is 0.0172. The first kappa shape index (κ1) is 17.6. The number of likely N-dealkylation sites (tertiary alicyclic amines) is 1. The molecule has 0 radical (unpaired) electrons. The summed E-state index contributed by atoms with van der Waals surface area (Å²) in [5.74, 6) is 0.0711. The van der Waals surface area contributed by atoms with E-state index in [2.05, 4.69) is 5.32 Å². The van der Waals surface area contributed by atoms with Crippen molar-refractivity contribution in [2.75, 3.05) is 25.0 Å². The Bertz CT molecular complexity index is 554. The Kier molecular flexibility index (Phi) is 5.50. The van der Waals surface area contributed by atoms with E-state index < -0.39 is 5.60 Å². The number of aryl methyl sites for hydroxylation is 1. The van der Waals surface area contributed by atoms with E-state index >= 15 is 0 Å². The molecule has 1 aromatic rings. The second kappa shape index (κ2) is 7.20. The third-order valence-corrected chi connectivity index (χ3v) is 3.88. The number of nitrogens with zero attached hydrogens (tertiary/aromatic N) is 1. The van der Waals surface area contributed by atoms with E-state index in [1.165, 1.54) is 6.07 Å². The second-order valence-corrected chi connectivity index (χ2v) is 7.30. The summed E-state index contributed by atoms with van der Waals surface area (Å²) >= 11 is 0. The first-order chi connectivity index (χ1) is 10.7. The molecule has 1 unspecified atom stereocenters. The normalized spacial score (nSPS) is 18.7. The SMILES string of the molecule is Cc1ccc(NCC2CCCN(C(=O)OC(C)(C)C)C2)c(F)c1. The smallest absolute Gasteiger partial charge is 0.410 e. The van der Waals surface area contributed by atoms with Gasteiger partial charge in [0.15, 0.2) is 0 Å². The largest absolute Gasteiger partial charge is 0.444 e. The highest BCUT2D eigenvalue weighted by Crippen LogP contribution is 2.21. The van der Waals surface area contributed by atoms with E-state index in [9.17, 15) is 9.18 Å². The van der Waals surface area contributed by atoms with Crippen LogP contribution in [0.5, 0.6) is 0 Å². The Morgan fingerprint density at radius 1 is 1.43 bits per heavy atom. The molecule has 0 aliphatic carbocycles. The van der Waals surface area contributed by atoms with Gasteiger partial charge >= 0.3 is 6.09 Å². The van der Waals surface area contributed by atoms with Gasteiger partial charge in [0.05, 0.1) is 5.69 Å². The number of amides is 1. The summed E-state index contributed by atoms with van der Waals surface area (Å²) in [5, 5.41) is 3.16. The molecule has 4 nitrogen and oxygen atoms in total. The summed E-state index contributed by atoms with van der Waals surface area (Å²) in [6.45, 7) is 9.50. The van der Waals surface area contributed by atoms with Gasteiger partial charge in [-0.2, -0.15) is 0 Å². The molecule has 0 bridgehead atoms. The Morgan fingerprint density at radius 3 is 2.83 bits per heavy atom. The first-order valence-electron chi connectivity index (χ1n) is 8.22. The second-order valence-electron chi connectivity index (χ2n) is 7.30. The van der Waals surface area contributed by atoms with Crippen LogP contribution in [0.25, 0.3) is 0 Å². The lowest BCUT2D eigenvalue weighted by Crippen LogP contribution is -2.44. The van der Waals surface area contributed by atoms with Crippen molar-refractivity contribution in [3.8, 4) is 0 Å². The van der Waals surface area contributed by atoms with E-state index in [0.29, 0.717) is 24.7 Å². The molecule has 1 N–H and O–H groups in total. The maximum Gasteiger partial charge on any atom is 0.410 e. The van der Waals surface area contributed by atoms with Gasteiger partial charge in [-0.3, -0.25) is 0 Å². The third-order valence-electron chi connectivity index (χ3n) is 3.88. The zero-order valence-corrected chi connectivity index (χ0v) is 14.5. The summed E-state index contributed by atoms with van der Waals surface area (Å²) in [4.78, 5) is 13.9. The summed E-state index contributed by atoms with van der Waals surface area (Å²) in [5.41, 5.74) is 0.944.